The van der Waals surface area contributed by atoms with Crippen LogP contribution in [-0.2, 0) is 0 Å². The van der Waals surface area contributed by atoms with Crippen molar-refractivity contribution in [3.8, 4) is 0 Å². The molecule has 0 aliphatic heterocycles. The van der Waals surface area contributed by atoms with Crippen LogP contribution in [-0.4, -0.2) is 29.1 Å². The highest BCUT2D eigenvalue weighted by atomic mass is 35.5. The number of carbonyl (C=O) groups is 1. The lowest BCUT2D eigenvalue weighted by Crippen LogP contribution is -2.12. The molecule has 0 saturated carbocycles. The maximum Gasteiger partial charge on any atom is 0.269 e. The number of nitro groups is 1. The summed E-state index contributed by atoms with van der Waals surface area (Å²) in [5.41, 5.74) is 1.32. The van der Waals surface area contributed by atoms with Gasteiger partial charge in [0.1, 0.15) is 0 Å². The monoisotopic (exact) mass is 335 g/mol. The average Bonchev–Trinajstić information content (AvgIpc) is 2.55. The second-order valence-electron chi connectivity index (χ2n) is 4.60. The Morgan fingerprint density at radius 3 is 2.52 bits per heavy atom. The Bertz CT molecular complexity index is 719. The van der Waals surface area contributed by atoms with Crippen LogP contribution in [0.5, 0.6) is 0 Å². The lowest BCUT2D eigenvalue weighted by Gasteiger charge is -2.10. The highest BCUT2D eigenvalue weighted by Crippen LogP contribution is 2.25. The number of nitrogens with zero attached hydrogens (tertiary/aromatic N) is 1. The Morgan fingerprint density at radius 1 is 1.22 bits per heavy atom. The first-order chi connectivity index (χ1) is 11.0. The van der Waals surface area contributed by atoms with Crippen LogP contribution < -0.4 is 10.6 Å². The van der Waals surface area contributed by atoms with E-state index in [1.165, 1.54) is 24.3 Å². The minimum atomic E-state index is -0.528. The number of carbonyl (C=O) groups excluding carboxylic acids is 1. The van der Waals surface area contributed by atoms with E-state index in [4.69, 9.17) is 16.7 Å². The van der Waals surface area contributed by atoms with Crippen LogP contribution >= 0.6 is 11.6 Å². The van der Waals surface area contributed by atoms with E-state index in [1.807, 2.05) is 0 Å². The van der Waals surface area contributed by atoms with Crippen molar-refractivity contribution in [3.63, 3.8) is 0 Å². The molecule has 120 valence electrons. The molecular formula is C15H14ClN3O4. The van der Waals surface area contributed by atoms with E-state index in [9.17, 15) is 14.9 Å². The zero-order valence-electron chi connectivity index (χ0n) is 12.0. The van der Waals surface area contributed by atoms with Gasteiger partial charge in [0.05, 0.1) is 22.2 Å². The molecule has 0 atom stereocenters. The minimum Gasteiger partial charge on any atom is -0.395 e. The molecule has 0 spiro atoms. The first kappa shape index (κ1) is 16.7. The number of hydrogen-bond donors (Lipinski definition) is 3. The molecule has 7 nitrogen and oxygen atoms in total. The first-order valence-corrected chi connectivity index (χ1v) is 7.09. The zero-order valence-corrected chi connectivity index (χ0v) is 12.7. The zero-order chi connectivity index (χ0) is 16.8. The van der Waals surface area contributed by atoms with E-state index < -0.39 is 10.8 Å². The molecule has 2 aromatic carbocycles. The highest BCUT2D eigenvalue weighted by Gasteiger charge is 2.10. The summed E-state index contributed by atoms with van der Waals surface area (Å²) in [5, 5.41) is 25.5. The van der Waals surface area contributed by atoms with E-state index in [0.29, 0.717) is 28.5 Å². The third-order valence-corrected chi connectivity index (χ3v) is 3.32. The lowest BCUT2D eigenvalue weighted by atomic mass is 10.2. The molecule has 0 aromatic heterocycles. The van der Waals surface area contributed by atoms with Crippen LogP contribution in [0.25, 0.3) is 0 Å². The number of nitrogens with one attached hydrogen (secondary N) is 2. The highest BCUT2D eigenvalue weighted by molar-refractivity contribution is 6.33. The van der Waals surface area contributed by atoms with Crippen molar-refractivity contribution >= 4 is 34.6 Å². The van der Waals surface area contributed by atoms with Gasteiger partial charge in [0, 0.05) is 29.9 Å². The maximum absolute atomic E-state index is 12.1. The van der Waals surface area contributed by atoms with E-state index in [0.717, 1.165) is 0 Å². The fraction of sp³-hybridized carbons (Fsp3) is 0.133. The summed E-state index contributed by atoms with van der Waals surface area (Å²) in [7, 11) is 0. The quantitative estimate of drug-likeness (QED) is 0.556. The van der Waals surface area contributed by atoms with Crippen LogP contribution in [0.1, 0.15) is 10.4 Å². The predicted octanol–water partition coefficient (Wildman–Crippen LogP) is 2.90. The molecule has 2 rings (SSSR count). The molecule has 0 aliphatic rings. The van der Waals surface area contributed by atoms with Crippen LogP contribution in [0.3, 0.4) is 0 Å². The fourth-order valence-corrected chi connectivity index (χ4v) is 2.05. The summed E-state index contributed by atoms with van der Waals surface area (Å²) < 4.78 is 0. The van der Waals surface area contributed by atoms with Crippen molar-refractivity contribution in [1.29, 1.82) is 0 Å². The molecule has 0 fully saturated rings. The molecule has 0 radical (unpaired) electrons. The van der Waals surface area contributed by atoms with Crippen LogP contribution in [0, 0.1) is 10.1 Å². The molecule has 0 unspecified atom stereocenters. The van der Waals surface area contributed by atoms with Crippen molar-refractivity contribution in [1.82, 2.24) is 0 Å². The number of non-ortho nitro benzene ring substituents is 1. The second-order valence-corrected chi connectivity index (χ2v) is 5.01. The molecule has 3 N–H and O–H groups in total. The Labute approximate surface area is 137 Å². The fourth-order valence-electron chi connectivity index (χ4n) is 1.87. The van der Waals surface area contributed by atoms with Gasteiger partial charge in [-0.25, -0.2) is 0 Å². The lowest BCUT2D eigenvalue weighted by molar-refractivity contribution is -0.384. The maximum atomic E-state index is 12.1. The van der Waals surface area contributed by atoms with E-state index >= 15 is 0 Å². The number of rotatable bonds is 6. The minimum absolute atomic E-state index is 0.0459. The van der Waals surface area contributed by atoms with Gasteiger partial charge in [0.25, 0.3) is 11.6 Å². The van der Waals surface area contributed by atoms with Gasteiger partial charge in [-0.05, 0) is 30.3 Å². The van der Waals surface area contributed by atoms with Gasteiger partial charge in [0.15, 0.2) is 0 Å². The van der Waals surface area contributed by atoms with Gasteiger partial charge >= 0.3 is 0 Å². The van der Waals surface area contributed by atoms with E-state index in [1.54, 1.807) is 18.2 Å². The number of aliphatic hydroxyl groups is 1. The van der Waals surface area contributed by atoms with Gasteiger partial charge in [-0.3, -0.25) is 14.9 Å². The summed E-state index contributed by atoms with van der Waals surface area (Å²) in [6.07, 6.45) is 0. The number of hydrogen-bond acceptors (Lipinski definition) is 5. The third-order valence-electron chi connectivity index (χ3n) is 2.99. The topological polar surface area (TPSA) is 104 Å². The molecule has 23 heavy (non-hydrogen) atoms. The summed E-state index contributed by atoms with van der Waals surface area (Å²) in [6.45, 7) is 0.287. The normalized spacial score (nSPS) is 10.2. The summed E-state index contributed by atoms with van der Waals surface area (Å²) >= 11 is 6.01. The first-order valence-electron chi connectivity index (χ1n) is 6.71. The number of nitro benzene ring substituents is 1. The largest absolute Gasteiger partial charge is 0.395 e. The van der Waals surface area contributed by atoms with Crippen molar-refractivity contribution in [2.24, 2.45) is 0 Å². The number of amides is 1. The van der Waals surface area contributed by atoms with Crippen molar-refractivity contribution in [2.45, 2.75) is 0 Å². The molecule has 8 heteroatoms. The standard InChI is InChI=1S/C15H14ClN3O4/c16-13-6-3-11(9-14(13)17-7-8-20)18-15(21)10-1-4-12(5-2-10)19(22)23/h1-6,9,17,20H,7-8H2,(H,18,21). The van der Waals surface area contributed by atoms with Gasteiger partial charge in [-0.15, -0.1) is 0 Å². The SMILES string of the molecule is O=C(Nc1ccc(Cl)c(NCCO)c1)c1ccc([N+](=O)[O-])cc1. The molecule has 0 saturated heterocycles. The smallest absolute Gasteiger partial charge is 0.269 e. The van der Waals surface area contributed by atoms with Gasteiger partial charge < -0.3 is 15.7 Å². The van der Waals surface area contributed by atoms with Crippen molar-refractivity contribution in [2.75, 3.05) is 23.8 Å². The number of halogens is 1. The van der Waals surface area contributed by atoms with Crippen LogP contribution in [0.15, 0.2) is 42.5 Å². The van der Waals surface area contributed by atoms with Crippen molar-refractivity contribution < 1.29 is 14.8 Å². The number of aliphatic hydroxyl groups excluding tert-OH is 1. The molecule has 0 bridgehead atoms. The Hall–Kier alpha value is -2.64. The van der Waals surface area contributed by atoms with Gasteiger partial charge in [-0.1, -0.05) is 11.6 Å². The summed E-state index contributed by atoms with van der Waals surface area (Å²) in [6, 6.07) is 10.2. The Balaban J connectivity index is 2.11. The molecule has 1 amide bonds. The summed E-state index contributed by atoms with van der Waals surface area (Å²) in [4.78, 5) is 22.2. The molecular weight excluding hydrogens is 322 g/mol. The van der Waals surface area contributed by atoms with Crippen LogP contribution in [0.2, 0.25) is 5.02 Å². The number of benzene rings is 2. The second kappa shape index (κ2) is 7.57. The number of anilines is 2. The Morgan fingerprint density at radius 2 is 1.91 bits per heavy atom. The molecule has 0 heterocycles. The van der Waals surface area contributed by atoms with Gasteiger partial charge in [0.2, 0.25) is 0 Å². The van der Waals surface area contributed by atoms with E-state index in [-0.39, 0.29) is 12.3 Å². The van der Waals surface area contributed by atoms with Crippen LogP contribution in [0.4, 0.5) is 17.1 Å². The van der Waals surface area contributed by atoms with E-state index in [2.05, 4.69) is 10.6 Å². The Kier molecular flexibility index (Phi) is 5.51. The molecule has 2 aromatic rings. The molecule has 0 aliphatic carbocycles. The summed E-state index contributed by atoms with van der Waals surface area (Å²) in [5.74, 6) is -0.393. The average molecular weight is 336 g/mol. The van der Waals surface area contributed by atoms with Crippen molar-refractivity contribution in [3.05, 3.63) is 63.2 Å². The van der Waals surface area contributed by atoms with Gasteiger partial charge in [-0.2, -0.15) is 0 Å². The third kappa shape index (κ3) is 4.41. The predicted molar refractivity (Wildman–Crippen MR) is 88.1 cm³/mol.